The maximum atomic E-state index is 11.3. The highest BCUT2D eigenvalue weighted by molar-refractivity contribution is 6.33. The van der Waals surface area contributed by atoms with Gasteiger partial charge in [0.05, 0.1) is 16.2 Å². The third kappa shape index (κ3) is 4.98. The topological polar surface area (TPSA) is 66.8 Å². The summed E-state index contributed by atoms with van der Waals surface area (Å²) in [5.41, 5.74) is 2.71. The van der Waals surface area contributed by atoms with Crippen molar-refractivity contribution in [3.63, 3.8) is 0 Å². The van der Waals surface area contributed by atoms with Crippen molar-refractivity contribution in [2.75, 3.05) is 0 Å². The van der Waals surface area contributed by atoms with Crippen LogP contribution >= 0.6 is 11.6 Å². The lowest BCUT2D eigenvalue weighted by molar-refractivity contribution is -0.0433. The number of phenols is 1. The van der Waals surface area contributed by atoms with Crippen LogP contribution < -0.4 is 4.74 Å². The van der Waals surface area contributed by atoms with E-state index in [1.165, 1.54) is 11.1 Å². The number of aromatic hydroxyl groups is 1. The van der Waals surface area contributed by atoms with Gasteiger partial charge in [-0.2, -0.15) is 0 Å². The van der Waals surface area contributed by atoms with Crippen LogP contribution in [0, 0.1) is 6.92 Å². The van der Waals surface area contributed by atoms with Crippen molar-refractivity contribution >= 4 is 17.9 Å². The van der Waals surface area contributed by atoms with Gasteiger partial charge in [0.1, 0.15) is 17.6 Å². The number of aldehydes is 1. The number of hydrogen-bond donors (Lipinski definition) is 2. The molecule has 0 bridgehead atoms. The third-order valence-corrected chi connectivity index (χ3v) is 5.90. The van der Waals surface area contributed by atoms with Crippen molar-refractivity contribution in [2.24, 2.45) is 0 Å². The van der Waals surface area contributed by atoms with Gasteiger partial charge in [-0.3, -0.25) is 4.79 Å². The molecule has 0 saturated heterocycles. The fraction of sp³-hybridized carbons (Fsp3) is 0.522. The lowest BCUT2D eigenvalue weighted by atomic mass is 9.89. The van der Waals surface area contributed by atoms with E-state index < -0.39 is 11.7 Å². The highest BCUT2D eigenvalue weighted by Crippen LogP contribution is 2.47. The number of aliphatic hydroxyl groups is 1. The predicted octanol–water partition coefficient (Wildman–Crippen LogP) is 5.69. The van der Waals surface area contributed by atoms with Gasteiger partial charge >= 0.3 is 0 Å². The molecule has 2 unspecified atom stereocenters. The highest BCUT2D eigenvalue weighted by Gasteiger charge is 2.41. The molecular weight excluding hydrogens is 376 g/mol. The van der Waals surface area contributed by atoms with Gasteiger partial charge in [0.25, 0.3) is 0 Å². The number of hydrogen-bond acceptors (Lipinski definition) is 4. The largest absolute Gasteiger partial charge is 0.507 e. The number of halogens is 1. The Morgan fingerprint density at radius 2 is 1.96 bits per heavy atom. The van der Waals surface area contributed by atoms with Crippen molar-refractivity contribution in [3.05, 3.63) is 45.0 Å². The SMILES string of the molecule is CC(C)=CCC/C(C)=C/CCC(C)(O)C1Cc2c(O)c(C=O)c(C)c(Cl)c2O1. The van der Waals surface area contributed by atoms with Crippen LogP contribution in [-0.2, 0) is 6.42 Å². The summed E-state index contributed by atoms with van der Waals surface area (Å²) in [7, 11) is 0. The Balaban J connectivity index is 2.05. The van der Waals surface area contributed by atoms with Crippen LogP contribution in [0.3, 0.4) is 0 Å². The van der Waals surface area contributed by atoms with Crippen LogP contribution in [0.4, 0.5) is 0 Å². The number of benzene rings is 1. The molecule has 0 amide bonds. The Bertz CT molecular complexity index is 802. The first-order chi connectivity index (χ1) is 13.1. The Kier molecular flexibility index (Phi) is 7.35. The van der Waals surface area contributed by atoms with E-state index in [0.29, 0.717) is 41.0 Å². The van der Waals surface area contributed by atoms with E-state index in [0.717, 1.165) is 19.3 Å². The van der Waals surface area contributed by atoms with Crippen molar-refractivity contribution in [1.82, 2.24) is 0 Å². The molecule has 5 heteroatoms. The molecule has 4 nitrogen and oxygen atoms in total. The van der Waals surface area contributed by atoms with Crippen LogP contribution in [0.25, 0.3) is 0 Å². The third-order valence-electron chi connectivity index (χ3n) is 5.44. The Hall–Kier alpha value is -1.78. The molecule has 0 aliphatic carbocycles. The maximum absolute atomic E-state index is 11.3. The van der Waals surface area contributed by atoms with Gasteiger partial charge in [0.2, 0.25) is 0 Å². The standard InChI is InChI=1S/C23H31ClO4/c1-14(2)8-6-9-15(3)10-7-11-23(5,27)19-12-17-21(26)18(13-25)16(4)20(24)22(17)28-19/h8,10,13,19,26-27H,6-7,9,11-12H2,1-5H3/b15-10+. The first kappa shape index (κ1) is 22.5. The molecule has 0 saturated carbocycles. The fourth-order valence-electron chi connectivity index (χ4n) is 3.50. The highest BCUT2D eigenvalue weighted by atomic mass is 35.5. The van der Waals surface area contributed by atoms with Crippen LogP contribution in [-0.4, -0.2) is 28.2 Å². The Morgan fingerprint density at radius 1 is 1.29 bits per heavy atom. The minimum absolute atomic E-state index is 0.0970. The number of fused-ring (bicyclic) bond motifs is 1. The fourth-order valence-corrected chi connectivity index (χ4v) is 3.76. The minimum Gasteiger partial charge on any atom is -0.507 e. The average Bonchev–Trinajstić information content (AvgIpc) is 3.06. The molecule has 28 heavy (non-hydrogen) atoms. The molecule has 2 atom stereocenters. The molecule has 1 aromatic rings. The number of ether oxygens (including phenoxy) is 1. The van der Waals surface area contributed by atoms with Crippen LogP contribution in [0.15, 0.2) is 23.3 Å². The molecule has 154 valence electrons. The van der Waals surface area contributed by atoms with Gasteiger partial charge in [-0.1, -0.05) is 34.9 Å². The second-order valence-electron chi connectivity index (χ2n) is 8.20. The quantitative estimate of drug-likeness (QED) is 0.429. The van der Waals surface area contributed by atoms with Gasteiger partial charge in [-0.05, 0) is 65.9 Å². The molecule has 0 radical (unpaired) electrons. The molecule has 1 aliphatic rings. The van der Waals surface area contributed by atoms with Crippen molar-refractivity contribution in [3.8, 4) is 11.5 Å². The number of carbonyl (C=O) groups excluding carboxylic acids is 1. The number of carbonyl (C=O) groups is 1. The zero-order valence-electron chi connectivity index (χ0n) is 17.4. The normalized spacial score (nSPS) is 18.2. The lowest BCUT2D eigenvalue weighted by Crippen LogP contribution is -2.42. The van der Waals surface area contributed by atoms with Gasteiger partial charge < -0.3 is 14.9 Å². The first-order valence-corrected chi connectivity index (χ1v) is 10.1. The summed E-state index contributed by atoms with van der Waals surface area (Å²) in [5.74, 6) is 0.279. The molecule has 1 aliphatic heterocycles. The second-order valence-corrected chi connectivity index (χ2v) is 8.58. The van der Waals surface area contributed by atoms with Crippen molar-refractivity contribution < 1.29 is 19.7 Å². The molecule has 0 spiro atoms. The van der Waals surface area contributed by atoms with E-state index >= 15 is 0 Å². The van der Waals surface area contributed by atoms with Crippen molar-refractivity contribution in [2.45, 2.75) is 78.4 Å². The van der Waals surface area contributed by atoms with Crippen LogP contribution in [0.1, 0.15) is 74.9 Å². The molecule has 0 fully saturated rings. The summed E-state index contributed by atoms with van der Waals surface area (Å²) in [5, 5.41) is 21.7. The summed E-state index contributed by atoms with van der Waals surface area (Å²) < 4.78 is 5.93. The van der Waals surface area contributed by atoms with E-state index in [2.05, 4.69) is 32.9 Å². The monoisotopic (exact) mass is 406 g/mol. The van der Waals surface area contributed by atoms with E-state index in [4.69, 9.17) is 16.3 Å². The molecule has 1 heterocycles. The number of allylic oxidation sites excluding steroid dienone is 4. The van der Waals surface area contributed by atoms with Crippen LogP contribution in [0.5, 0.6) is 11.5 Å². The number of rotatable bonds is 8. The van der Waals surface area contributed by atoms with Gasteiger partial charge in [-0.15, -0.1) is 0 Å². The van der Waals surface area contributed by atoms with E-state index in [-0.39, 0.29) is 11.3 Å². The zero-order chi connectivity index (χ0) is 21.1. The Morgan fingerprint density at radius 3 is 2.57 bits per heavy atom. The summed E-state index contributed by atoms with van der Waals surface area (Å²) in [6.45, 7) is 9.72. The molecule has 0 aromatic heterocycles. The lowest BCUT2D eigenvalue weighted by Gasteiger charge is -2.29. The molecule has 2 rings (SSSR count). The van der Waals surface area contributed by atoms with E-state index in [1.54, 1.807) is 13.8 Å². The minimum atomic E-state index is -1.08. The summed E-state index contributed by atoms with van der Waals surface area (Å²) >= 11 is 6.34. The summed E-state index contributed by atoms with van der Waals surface area (Å²) in [6, 6.07) is 0. The number of phenolic OH excluding ortho intramolecular Hbond substituents is 1. The average molecular weight is 407 g/mol. The van der Waals surface area contributed by atoms with E-state index in [9.17, 15) is 15.0 Å². The maximum Gasteiger partial charge on any atom is 0.154 e. The Labute approximate surface area is 172 Å². The zero-order valence-corrected chi connectivity index (χ0v) is 18.2. The predicted molar refractivity (Wildman–Crippen MR) is 114 cm³/mol. The summed E-state index contributed by atoms with van der Waals surface area (Å²) in [6.07, 6.45) is 8.09. The molecule has 1 aromatic carbocycles. The molecule has 2 N–H and O–H groups in total. The van der Waals surface area contributed by atoms with Gasteiger partial charge in [0, 0.05) is 12.0 Å². The van der Waals surface area contributed by atoms with E-state index in [1.807, 2.05) is 0 Å². The first-order valence-electron chi connectivity index (χ1n) is 9.75. The van der Waals surface area contributed by atoms with Gasteiger partial charge in [0.15, 0.2) is 6.29 Å². The second kappa shape index (κ2) is 9.15. The summed E-state index contributed by atoms with van der Waals surface area (Å²) in [4.78, 5) is 11.3. The van der Waals surface area contributed by atoms with Gasteiger partial charge in [-0.25, -0.2) is 0 Å². The van der Waals surface area contributed by atoms with Crippen LogP contribution in [0.2, 0.25) is 5.02 Å². The smallest absolute Gasteiger partial charge is 0.154 e. The molecular formula is C23H31ClO4. The van der Waals surface area contributed by atoms with Crippen molar-refractivity contribution in [1.29, 1.82) is 0 Å².